The first-order valence-electron chi connectivity index (χ1n) is 8.82. The quantitative estimate of drug-likeness (QED) is 0.420. The number of ketones is 1. The van der Waals surface area contributed by atoms with Gasteiger partial charge in [0.1, 0.15) is 15.7 Å². The smallest absolute Gasteiger partial charge is 0.258 e. The molecule has 1 N–H and O–H groups in total. The number of ether oxygens (including phenoxy) is 4. The fourth-order valence-electron chi connectivity index (χ4n) is 2.58. The average Bonchev–Trinajstić information content (AvgIpc) is 2.75. The van der Waals surface area contributed by atoms with Crippen LogP contribution in [0.25, 0.3) is 0 Å². The number of methoxy groups -OCH3 is 4. The predicted octanol–water partition coefficient (Wildman–Crippen LogP) is 4.71. The Morgan fingerprint density at radius 2 is 1.42 bits per heavy atom. The van der Waals surface area contributed by atoms with Crippen molar-refractivity contribution < 1.29 is 28.5 Å². The average molecular weight is 470 g/mol. The highest BCUT2D eigenvalue weighted by atomic mass is 35.5. The fraction of sp³-hybridized carbons (Fsp3) is 0.300. The van der Waals surface area contributed by atoms with E-state index in [1.807, 2.05) is 0 Å². The molecule has 0 aliphatic carbocycles. The molecule has 166 valence electrons. The molecule has 0 saturated heterocycles. The van der Waals surface area contributed by atoms with Crippen molar-refractivity contribution in [2.45, 2.75) is 13.0 Å². The normalized spacial score (nSPS) is 11.7. The van der Waals surface area contributed by atoms with Crippen molar-refractivity contribution >= 4 is 46.3 Å². The summed E-state index contributed by atoms with van der Waals surface area (Å²) in [5.41, 5.74) is 0.414. The minimum Gasteiger partial charge on any atom is -0.493 e. The van der Waals surface area contributed by atoms with Gasteiger partial charge >= 0.3 is 0 Å². The second-order valence-corrected chi connectivity index (χ2v) is 6.77. The topological polar surface area (TPSA) is 108 Å². The molecule has 11 heteroatoms. The first-order valence-corrected chi connectivity index (χ1v) is 9.57. The van der Waals surface area contributed by atoms with Crippen LogP contribution in [-0.4, -0.2) is 46.2 Å². The molecule has 0 bridgehead atoms. The van der Waals surface area contributed by atoms with Crippen LogP contribution in [0.15, 0.2) is 34.5 Å². The lowest BCUT2D eigenvalue weighted by Gasteiger charge is -2.15. The van der Waals surface area contributed by atoms with E-state index in [0.717, 1.165) is 0 Å². The lowest BCUT2D eigenvalue weighted by molar-refractivity contribution is -0.126. The molecule has 31 heavy (non-hydrogen) atoms. The second kappa shape index (κ2) is 10.8. The van der Waals surface area contributed by atoms with Crippen LogP contribution < -0.4 is 24.3 Å². The highest BCUT2D eigenvalue weighted by Crippen LogP contribution is 2.42. The Labute approximate surface area is 189 Å². The summed E-state index contributed by atoms with van der Waals surface area (Å²) in [6.07, 6.45) is 0. The second-order valence-electron chi connectivity index (χ2n) is 6.01. The predicted molar refractivity (Wildman–Crippen MR) is 117 cm³/mol. The Hall–Kier alpha value is -3.04. The maximum Gasteiger partial charge on any atom is 0.258 e. The third-order valence-corrected chi connectivity index (χ3v) is 4.86. The summed E-state index contributed by atoms with van der Waals surface area (Å²) in [6.45, 7) is 1.22. The Bertz CT molecular complexity index is 1010. The van der Waals surface area contributed by atoms with Crippen molar-refractivity contribution in [3.8, 4) is 23.0 Å². The molecule has 0 radical (unpaired) electrons. The number of nitrogens with one attached hydrogen (secondary N) is 1. The Morgan fingerprint density at radius 3 is 1.94 bits per heavy atom. The van der Waals surface area contributed by atoms with Crippen molar-refractivity contribution in [3.63, 3.8) is 0 Å². The summed E-state index contributed by atoms with van der Waals surface area (Å²) < 4.78 is 20.7. The highest BCUT2D eigenvalue weighted by molar-refractivity contribution is 6.36. The van der Waals surface area contributed by atoms with Crippen molar-refractivity contribution in [1.29, 1.82) is 0 Å². The number of anilines is 1. The number of rotatable bonds is 9. The van der Waals surface area contributed by atoms with Crippen LogP contribution >= 0.6 is 23.2 Å². The van der Waals surface area contributed by atoms with Gasteiger partial charge in [-0.25, -0.2) is 0 Å². The van der Waals surface area contributed by atoms with Gasteiger partial charge in [-0.05, 0) is 31.2 Å². The number of hydrogen-bond acceptors (Lipinski definition) is 8. The van der Waals surface area contributed by atoms with E-state index in [-0.39, 0.29) is 32.9 Å². The van der Waals surface area contributed by atoms with E-state index in [1.165, 1.54) is 47.5 Å². The van der Waals surface area contributed by atoms with Crippen LogP contribution in [0.1, 0.15) is 6.92 Å². The van der Waals surface area contributed by atoms with Gasteiger partial charge in [-0.15, -0.1) is 0 Å². The van der Waals surface area contributed by atoms with Crippen molar-refractivity contribution in [2.24, 2.45) is 10.2 Å². The van der Waals surface area contributed by atoms with Crippen LogP contribution in [-0.2, 0) is 9.59 Å². The summed E-state index contributed by atoms with van der Waals surface area (Å²) in [7, 11) is 5.75. The Morgan fingerprint density at radius 1 is 0.871 bits per heavy atom. The minimum absolute atomic E-state index is 0.109. The number of hydrogen-bond donors (Lipinski definition) is 1. The van der Waals surface area contributed by atoms with Gasteiger partial charge in [0.2, 0.25) is 6.04 Å². The van der Waals surface area contributed by atoms with Crippen molar-refractivity contribution in [3.05, 3.63) is 34.3 Å². The zero-order chi connectivity index (χ0) is 23.1. The van der Waals surface area contributed by atoms with Gasteiger partial charge in [-0.1, -0.05) is 23.2 Å². The molecule has 1 unspecified atom stereocenters. The molecule has 0 aromatic heterocycles. The van der Waals surface area contributed by atoms with Gasteiger partial charge in [-0.2, -0.15) is 10.2 Å². The van der Waals surface area contributed by atoms with E-state index >= 15 is 0 Å². The monoisotopic (exact) mass is 469 g/mol. The molecule has 0 fully saturated rings. The van der Waals surface area contributed by atoms with Gasteiger partial charge in [0.25, 0.3) is 5.91 Å². The molecule has 0 spiro atoms. The summed E-state index contributed by atoms with van der Waals surface area (Å²) in [5, 5.41) is 10.6. The highest BCUT2D eigenvalue weighted by Gasteiger charge is 2.25. The number of benzene rings is 2. The van der Waals surface area contributed by atoms with E-state index in [0.29, 0.717) is 11.5 Å². The van der Waals surface area contributed by atoms with Crippen LogP contribution in [0, 0.1) is 0 Å². The molecule has 2 rings (SSSR count). The maximum absolute atomic E-state index is 12.7. The van der Waals surface area contributed by atoms with Gasteiger partial charge < -0.3 is 24.3 Å². The molecular formula is C20H21Cl2N3O6. The van der Waals surface area contributed by atoms with E-state index in [4.69, 9.17) is 42.1 Å². The van der Waals surface area contributed by atoms with Gasteiger partial charge in [0.05, 0.1) is 34.1 Å². The number of halogens is 2. The van der Waals surface area contributed by atoms with E-state index < -0.39 is 17.7 Å². The number of azo groups is 1. The van der Waals surface area contributed by atoms with E-state index in [9.17, 15) is 9.59 Å². The molecule has 9 nitrogen and oxygen atoms in total. The first kappa shape index (κ1) is 24.2. The summed E-state index contributed by atoms with van der Waals surface area (Å²) in [4.78, 5) is 24.7. The maximum atomic E-state index is 12.7. The number of Topliss-reactive ketones (excluding diaryl/α,β-unsaturated/α-hetero) is 1. The third kappa shape index (κ3) is 5.36. The van der Waals surface area contributed by atoms with Gasteiger partial charge in [0, 0.05) is 0 Å². The Kier molecular flexibility index (Phi) is 8.47. The molecule has 0 heterocycles. The van der Waals surface area contributed by atoms with Crippen LogP contribution in [0.2, 0.25) is 10.0 Å². The standard InChI is InChI=1S/C20H21Cl2N3O6/c1-10(26)17(25-24-12-7-9-14(29-3)19(31-5)16(12)22)20(27)23-11-6-8-13(28-2)18(30-4)15(11)21/h6-9,17H,1-5H3,(H,23,27). The van der Waals surface area contributed by atoms with E-state index in [1.54, 1.807) is 12.1 Å². The van der Waals surface area contributed by atoms with Gasteiger partial charge in [-0.3, -0.25) is 9.59 Å². The summed E-state index contributed by atoms with van der Waals surface area (Å²) in [6, 6.07) is 4.74. The van der Waals surface area contributed by atoms with Crippen molar-refractivity contribution in [2.75, 3.05) is 33.8 Å². The summed E-state index contributed by atoms with van der Waals surface area (Å²) >= 11 is 12.5. The van der Waals surface area contributed by atoms with Crippen LogP contribution in [0.4, 0.5) is 11.4 Å². The molecule has 2 aromatic carbocycles. The van der Waals surface area contributed by atoms with Gasteiger partial charge in [0.15, 0.2) is 28.8 Å². The van der Waals surface area contributed by atoms with Crippen molar-refractivity contribution in [1.82, 2.24) is 0 Å². The SMILES string of the molecule is COc1ccc(N=NC(C(C)=O)C(=O)Nc2ccc(OC)c(OC)c2Cl)c(Cl)c1OC. The third-order valence-electron chi connectivity index (χ3n) is 4.12. The first-order chi connectivity index (χ1) is 14.8. The van der Waals surface area contributed by atoms with E-state index in [2.05, 4.69) is 15.5 Å². The Balaban J connectivity index is 2.32. The number of nitrogens with zero attached hydrogens (tertiary/aromatic N) is 2. The summed E-state index contributed by atoms with van der Waals surface area (Å²) in [5.74, 6) is 0.00449. The van der Waals surface area contributed by atoms with Crippen LogP contribution in [0.5, 0.6) is 23.0 Å². The molecular weight excluding hydrogens is 449 g/mol. The number of carbonyl (C=O) groups excluding carboxylic acids is 2. The fourth-order valence-corrected chi connectivity index (χ4v) is 3.13. The zero-order valence-corrected chi connectivity index (χ0v) is 19.0. The molecule has 0 aliphatic rings. The number of amides is 1. The lowest BCUT2D eigenvalue weighted by atomic mass is 10.2. The molecule has 1 amide bonds. The largest absolute Gasteiger partial charge is 0.493 e. The molecule has 0 saturated carbocycles. The zero-order valence-electron chi connectivity index (χ0n) is 17.5. The molecule has 1 atom stereocenters. The van der Waals surface area contributed by atoms with Crippen LogP contribution in [0.3, 0.4) is 0 Å². The minimum atomic E-state index is -1.44. The lowest BCUT2D eigenvalue weighted by Crippen LogP contribution is -2.32. The molecule has 2 aromatic rings. The number of carbonyl (C=O) groups is 2. The molecule has 0 aliphatic heterocycles.